The molecule has 0 heterocycles. The Kier molecular flexibility index (Phi) is 6.19. The Bertz CT molecular complexity index is 1160. The van der Waals surface area contributed by atoms with Gasteiger partial charge in [0.25, 0.3) is 0 Å². The van der Waals surface area contributed by atoms with E-state index in [9.17, 15) is 13.2 Å². The van der Waals surface area contributed by atoms with E-state index in [4.69, 9.17) is 0 Å². The van der Waals surface area contributed by atoms with Crippen LogP contribution in [0.4, 0.5) is 13.2 Å². The molecule has 3 aromatic rings. The molecular formula is C26H19F3O. The molecule has 0 aliphatic heterocycles. The predicted molar refractivity (Wildman–Crippen MR) is 112 cm³/mol. The molecule has 0 aliphatic carbocycles. The summed E-state index contributed by atoms with van der Waals surface area (Å²) < 4.78 is 43.1. The van der Waals surface area contributed by atoms with Gasteiger partial charge in [0, 0.05) is 16.7 Å². The molecule has 0 atom stereocenters. The summed E-state index contributed by atoms with van der Waals surface area (Å²) in [5.74, 6) is 11.2. The van der Waals surface area contributed by atoms with Crippen LogP contribution in [0.3, 0.4) is 0 Å². The lowest BCUT2D eigenvalue weighted by molar-refractivity contribution is -0.274. The lowest BCUT2D eigenvalue weighted by Crippen LogP contribution is -2.18. The van der Waals surface area contributed by atoms with E-state index >= 15 is 0 Å². The number of halogens is 3. The second-order valence-corrected chi connectivity index (χ2v) is 6.94. The average molecular weight is 404 g/mol. The van der Waals surface area contributed by atoms with Crippen molar-refractivity contribution < 1.29 is 17.9 Å². The number of aryl methyl sites for hydroxylation is 3. The van der Waals surface area contributed by atoms with Crippen LogP contribution in [0.25, 0.3) is 0 Å². The van der Waals surface area contributed by atoms with Crippen LogP contribution in [0, 0.1) is 44.5 Å². The second kappa shape index (κ2) is 8.80. The van der Waals surface area contributed by atoms with E-state index in [-0.39, 0.29) is 11.3 Å². The largest absolute Gasteiger partial charge is 0.573 e. The Labute approximate surface area is 174 Å². The highest BCUT2D eigenvalue weighted by Gasteiger charge is 2.32. The van der Waals surface area contributed by atoms with E-state index in [0.717, 1.165) is 22.3 Å². The van der Waals surface area contributed by atoms with Crippen molar-refractivity contribution in [2.24, 2.45) is 0 Å². The van der Waals surface area contributed by atoms with Gasteiger partial charge in [-0.3, -0.25) is 0 Å². The van der Waals surface area contributed by atoms with Crippen molar-refractivity contribution in [1.29, 1.82) is 0 Å². The normalized spacial score (nSPS) is 10.5. The topological polar surface area (TPSA) is 9.23 Å². The van der Waals surface area contributed by atoms with Gasteiger partial charge in [0.15, 0.2) is 0 Å². The number of rotatable bonds is 1. The second-order valence-electron chi connectivity index (χ2n) is 6.94. The smallest absolute Gasteiger partial charge is 0.404 e. The van der Waals surface area contributed by atoms with Gasteiger partial charge in [-0.25, -0.2) is 0 Å². The van der Waals surface area contributed by atoms with Gasteiger partial charge in [-0.05, 0) is 62.7 Å². The van der Waals surface area contributed by atoms with Crippen molar-refractivity contribution in [1.82, 2.24) is 0 Å². The van der Waals surface area contributed by atoms with Crippen LogP contribution in [0.2, 0.25) is 0 Å². The summed E-state index contributed by atoms with van der Waals surface area (Å²) >= 11 is 0. The van der Waals surface area contributed by atoms with Gasteiger partial charge in [0.2, 0.25) is 0 Å². The maximum atomic E-state index is 12.9. The highest BCUT2D eigenvalue weighted by atomic mass is 19.4. The summed E-state index contributed by atoms with van der Waals surface area (Å²) in [4.78, 5) is 0. The summed E-state index contributed by atoms with van der Waals surface area (Å²) in [6.07, 6.45) is -4.82. The molecule has 0 aliphatic rings. The van der Waals surface area contributed by atoms with Gasteiger partial charge in [-0.15, -0.1) is 13.2 Å². The van der Waals surface area contributed by atoms with Crippen LogP contribution in [0.1, 0.15) is 38.9 Å². The highest BCUT2D eigenvalue weighted by Crippen LogP contribution is 2.29. The van der Waals surface area contributed by atoms with Gasteiger partial charge in [0.1, 0.15) is 5.75 Å². The molecule has 3 rings (SSSR count). The van der Waals surface area contributed by atoms with Crippen LogP contribution < -0.4 is 4.74 Å². The number of ether oxygens (including phenoxy) is 1. The maximum Gasteiger partial charge on any atom is 0.573 e. The highest BCUT2D eigenvalue weighted by molar-refractivity contribution is 5.57. The summed E-state index contributed by atoms with van der Waals surface area (Å²) in [5.41, 5.74) is 5.00. The van der Waals surface area contributed by atoms with Crippen molar-refractivity contribution in [3.8, 4) is 29.4 Å². The first-order valence-corrected chi connectivity index (χ1v) is 9.27. The Morgan fingerprint density at radius 3 is 1.57 bits per heavy atom. The number of alkyl halides is 3. The van der Waals surface area contributed by atoms with E-state index in [1.165, 1.54) is 6.07 Å². The Hall–Kier alpha value is -3.63. The Morgan fingerprint density at radius 1 is 0.633 bits per heavy atom. The van der Waals surface area contributed by atoms with Crippen LogP contribution in [0.15, 0.2) is 60.7 Å². The fraction of sp³-hybridized carbons (Fsp3) is 0.154. The minimum atomic E-state index is -4.82. The van der Waals surface area contributed by atoms with Gasteiger partial charge in [0.05, 0.1) is 5.56 Å². The lowest BCUT2D eigenvalue weighted by atomic mass is 10.0. The average Bonchev–Trinajstić information content (AvgIpc) is 2.68. The molecule has 150 valence electrons. The fourth-order valence-corrected chi connectivity index (χ4v) is 2.68. The molecule has 1 nitrogen and oxygen atoms in total. The Balaban J connectivity index is 2.00. The van der Waals surface area contributed by atoms with Gasteiger partial charge >= 0.3 is 6.36 Å². The monoisotopic (exact) mass is 404 g/mol. The summed E-state index contributed by atoms with van der Waals surface area (Å²) in [7, 11) is 0. The Morgan fingerprint density at radius 2 is 1.10 bits per heavy atom. The van der Waals surface area contributed by atoms with E-state index < -0.39 is 6.36 Å². The first kappa shape index (κ1) is 21.1. The zero-order valence-corrected chi connectivity index (χ0v) is 16.8. The molecule has 4 heteroatoms. The van der Waals surface area contributed by atoms with Gasteiger partial charge in [-0.1, -0.05) is 59.1 Å². The predicted octanol–water partition coefficient (Wildman–Crippen LogP) is 6.31. The molecule has 0 saturated carbocycles. The minimum Gasteiger partial charge on any atom is -0.404 e. The molecule has 0 N–H and O–H groups in total. The number of hydrogen-bond donors (Lipinski definition) is 0. The molecule has 0 unspecified atom stereocenters. The zero-order valence-electron chi connectivity index (χ0n) is 16.8. The minimum absolute atomic E-state index is 0.159. The fourth-order valence-electron chi connectivity index (χ4n) is 2.68. The molecule has 30 heavy (non-hydrogen) atoms. The van der Waals surface area contributed by atoms with Crippen molar-refractivity contribution in [2.45, 2.75) is 27.1 Å². The first-order chi connectivity index (χ1) is 14.2. The van der Waals surface area contributed by atoms with Crippen molar-refractivity contribution in [2.75, 3.05) is 0 Å². The molecular weight excluding hydrogens is 385 g/mol. The SMILES string of the molecule is Cc1ccc(C#Cc2cc(OC(F)(F)F)c(C#Cc3ccc(C)cc3)cc2C)cc1. The third-order valence-electron chi connectivity index (χ3n) is 4.34. The molecule has 0 fully saturated rings. The molecule has 0 bridgehead atoms. The van der Waals surface area contributed by atoms with Crippen molar-refractivity contribution in [3.05, 3.63) is 99.6 Å². The quantitative estimate of drug-likeness (QED) is 0.432. The van der Waals surface area contributed by atoms with E-state index in [1.807, 2.05) is 62.4 Å². The molecule has 0 amide bonds. The summed E-state index contributed by atoms with van der Waals surface area (Å²) in [6, 6.07) is 17.9. The van der Waals surface area contributed by atoms with Gasteiger partial charge < -0.3 is 4.74 Å². The summed E-state index contributed by atoms with van der Waals surface area (Å²) in [5, 5.41) is 0. The third-order valence-corrected chi connectivity index (χ3v) is 4.34. The van der Waals surface area contributed by atoms with Crippen LogP contribution in [0.5, 0.6) is 5.75 Å². The first-order valence-electron chi connectivity index (χ1n) is 9.27. The lowest BCUT2D eigenvalue weighted by Gasteiger charge is -2.12. The zero-order chi connectivity index (χ0) is 21.7. The molecule has 3 aromatic carbocycles. The molecule has 0 aromatic heterocycles. The third kappa shape index (κ3) is 5.93. The van der Waals surface area contributed by atoms with Crippen molar-refractivity contribution >= 4 is 0 Å². The summed E-state index contributed by atoms with van der Waals surface area (Å²) in [6.45, 7) is 5.71. The standard InChI is InChI=1S/C26H19F3O/c1-18-4-8-21(9-5-18)12-14-23-17-25(30-26(27,28)29)24(16-20(23)3)15-13-22-10-6-19(2)7-11-22/h4-11,16-17H,1-3H3. The maximum absolute atomic E-state index is 12.9. The molecule has 0 spiro atoms. The molecule has 0 radical (unpaired) electrons. The van der Waals surface area contributed by atoms with Crippen LogP contribution in [-0.4, -0.2) is 6.36 Å². The van der Waals surface area contributed by atoms with E-state index in [1.54, 1.807) is 13.0 Å². The van der Waals surface area contributed by atoms with Crippen LogP contribution >= 0.6 is 0 Å². The molecule has 0 saturated heterocycles. The van der Waals surface area contributed by atoms with Crippen LogP contribution in [-0.2, 0) is 0 Å². The van der Waals surface area contributed by atoms with Crippen molar-refractivity contribution in [3.63, 3.8) is 0 Å². The van der Waals surface area contributed by atoms with E-state index in [2.05, 4.69) is 28.4 Å². The van der Waals surface area contributed by atoms with E-state index in [0.29, 0.717) is 11.1 Å². The number of hydrogen-bond acceptors (Lipinski definition) is 1. The van der Waals surface area contributed by atoms with Gasteiger partial charge in [-0.2, -0.15) is 0 Å². The number of benzene rings is 3.